The van der Waals surface area contributed by atoms with Crippen molar-refractivity contribution in [3.05, 3.63) is 34.1 Å². The Bertz CT molecular complexity index is 609. The maximum absolute atomic E-state index is 11.6. The lowest BCUT2D eigenvalue weighted by atomic mass is 10.1. The van der Waals surface area contributed by atoms with Gasteiger partial charge in [-0.1, -0.05) is 15.9 Å². The van der Waals surface area contributed by atoms with Crippen LogP contribution in [-0.2, 0) is 7.05 Å². The molecule has 1 heterocycles. The first kappa shape index (κ1) is 13.3. The quantitative estimate of drug-likeness (QED) is 0.813. The molecular formula is C12H12BrN3OS. The fourth-order valence-corrected chi connectivity index (χ4v) is 2.80. The van der Waals surface area contributed by atoms with Gasteiger partial charge in [-0.2, -0.15) is 0 Å². The fourth-order valence-electron chi connectivity index (χ4n) is 1.44. The summed E-state index contributed by atoms with van der Waals surface area (Å²) in [6.07, 6.45) is 0. The molecule has 0 saturated heterocycles. The van der Waals surface area contributed by atoms with Crippen LogP contribution in [0.4, 0.5) is 0 Å². The van der Waals surface area contributed by atoms with E-state index in [1.165, 1.54) is 11.8 Å². The van der Waals surface area contributed by atoms with Gasteiger partial charge in [0.05, 0.1) is 0 Å². The summed E-state index contributed by atoms with van der Waals surface area (Å²) in [5, 5.41) is 8.86. The third-order valence-electron chi connectivity index (χ3n) is 2.57. The average Bonchev–Trinajstić information content (AvgIpc) is 2.63. The molecule has 4 nitrogen and oxygen atoms in total. The van der Waals surface area contributed by atoms with Crippen molar-refractivity contribution in [2.24, 2.45) is 7.05 Å². The largest absolute Gasteiger partial charge is 0.309 e. The van der Waals surface area contributed by atoms with Gasteiger partial charge in [-0.25, -0.2) is 0 Å². The predicted molar refractivity (Wildman–Crippen MR) is 74.0 cm³/mol. The summed E-state index contributed by atoms with van der Waals surface area (Å²) in [5.74, 6) is 0.886. The Morgan fingerprint density at radius 2 is 2.11 bits per heavy atom. The van der Waals surface area contributed by atoms with Crippen LogP contribution in [0.25, 0.3) is 0 Å². The van der Waals surface area contributed by atoms with Crippen LogP contribution < -0.4 is 0 Å². The van der Waals surface area contributed by atoms with Crippen molar-refractivity contribution in [1.82, 2.24) is 14.8 Å². The number of nitrogens with zero attached hydrogens (tertiary/aromatic N) is 3. The normalized spacial score (nSPS) is 10.7. The molecule has 0 aliphatic heterocycles. The Morgan fingerprint density at radius 3 is 2.67 bits per heavy atom. The molecule has 0 atom stereocenters. The topological polar surface area (TPSA) is 47.8 Å². The molecule has 94 valence electrons. The lowest BCUT2D eigenvalue weighted by Gasteiger charge is -2.06. The maximum Gasteiger partial charge on any atom is 0.195 e. The van der Waals surface area contributed by atoms with Crippen LogP contribution in [0.15, 0.2) is 32.7 Å². The Balaban J connectivity index is 2.40. The molecular weight excluding hydrogens is 314 g/mol. The molecule has 6 heteroatoms. The van der Waals surface area contributed by atoms with E-state index in [0.29, 0.717) is 5.56 Å². The zero-order valence-corrected chi connectivity index (χ0v) is 12.7. The highest BCUT2D eigenvalue weighted by atomic mass is 79.9. The number of hydrogen-bond donors (Lipinski definition) is 0. The molecule has 1 aromatic carbocycles. The summed E-state index contributed by atoms with van der Waals surface area (Å²) in [4.78, 5) is 12.5. The number of carbonyl (C=O) groups is 1. The number of benzene rings is 1. The Hall–Kier alpha value is -1.14. The highest BCUT2D eigenvalue weighted by molar-refractivity contribution is 9.10. The van der Waals surface area contributed by atoms with E-state index < -0.39 is 0 Å². The minimum atomic E-state index is 0.0395. The molecule has 0 aliphatic carbocycles. The summed E-state index contributed by atoms with van der Waals surface area (Å²) in [6, 6.07) is 5.65. The van der Waals surface area contributed by atoms with Crippen LogP contribution in [0.2, 0.25) is 0 Å². The van der Waals surface area contributed by atoms with E-state index in [1.54, 1.807) is 6.92 Å². The molecule has 18 heavy (non-hydrogen) atoms. The van der Waals surface area contributed by atoms with Gasteiger partial charge in [-0.15, -0.1) is 10.2 Å². The number of halogens is 1. The van der Waals surface area contributed by atoms with Gasteiger partial charge in [-0.05, 0) is 43.8 Å². The zero-order chi connectivity index (χ0) is 13.3. The molecule has 0 amide bonds. The van der Waals surface area contributed by atoms with Gasteiger partial charge in [0.1, 0.15) is 5.82 Å². The summed E-state index contributed by atoms with van der Waals surface area (Å²) >= 11 is 4.82. The molecule has 2 rings (SSSR count). The van der Waals surface area contributed by atoms with Gasteiger partial charge in [0.25, 0.3) is 0 Å². The first-order valence-corrected chi connectivity index (χ1v) is 6.94. The van der Waals surface area contributed by atoms with Crippen LogP contribution in [0.1, 0.15) is 23.1 Å². The summed E-state index contributed by atoms with van der Waals surface area (Å²) in [6.45, 7) is 3.46. The zero-order valence-electron chi connectivity index (χ0n) is 10.3. The molecule has 0 saturated carbocycles. The van der Waals surface area contributed by atoms with E-state index in [-0.39, 0.29) is 5.78 Å². The Labute approximate surface area is 118 Å². The molecule has 0 N–H and O–H groups in total. The van der Waals surface area contributed by atoms with Crippen LogP contribution in [0, 0.1) is 6.92 Å². The SMILES string of the molecule is CC(=O)c1cc(Br)ccc1Sc1nnc(C)n1C. The monoisotopic (exact) mass is 325 g/mol. The molecule has 0 fully saturated rings. The van der Waals surface area contributed by atoms with Crippen molar-refractivity contribution >= 4 is 33.5 Å². The molecule has 2 aromatic rings. The van der Waals surface area contributed by atoms with Crippen LogP contribution in [0.5, 0.6) is 0 Å². The minimum absolute atomic E-state index is 0.0395. The first-order valence-electron chi connectivity index (χ1n) is 5.33. The maximum atomic E-state index is 11.6. The third-order valence-corrected chi connectivity index (χ3v) is 4.18. The van der Waals surface area contributed by atoms with Gasteiger partial charge in [0.15, 0.2) is 10.9 Å². The van der Waals surface area contributed by atoms with Gasteiger partial charge in [0, 0.05) is 22.0 Å². The summed E-state index contributed by atoms with van der Waals surface area (Å²) in [5.41, 5.74) is 0.690. The van der Waals surface area contributed by atoms with E-state index in [0.717, 1.165) is 20.3 Å². The molecule has 0 spiro atoms. The van der Waals surface area contributed by atoms with Gasteiger partial charge in [0.2, 0.25) is 0 Å². The van der Waals surface area contributed by atoms with Gasteiger partial charge in [-0.3, -0.25) is 4.79 Å². The third kappa shape index (κ3) is 2.64. The predicted octanol–water partition coefficient (Wildman–Crippen LogP) is 3.24. The highest BCUT2D eigenvalue weighted by Gasteiger charge is 2.13. The van der Waals surface area contributed by atoms with E-state index in [1.807, 2.05) is 36.7 Å². The van der Waals surface area contributed by atoms with E-state index in [9.17, 15) is 4.79 Å². The van der Waals surface area contributed by atoms with E-state index in [4.69, 9.17) is 0 Å². The lowest BCUT2D eigenvalue weighted by molar-refractivity contribution is 0.101. The molecule has 1 aromatic heterocycles. The van der Waals surface area contributed by atoms with Crippen LogP contribution >= 0.6 is 27.7 Å². The van der Waals surface area contributed by atoms with Gasteiger partial charge < -0.3 is 4.57 Å². The Kier molecular flexibility index (Phi) is 3.87. The average molecular weight is 326 g/mol. The second kappa shape index (κ2) is 5.24. The summed E-state index contributed by atoms with van der Waals surface area (Å²) < 4.78 is 2.79. The number of carbonyl (C=O) groups excluding carboxylic acids is 1. The highest BCUT2D eigenvalue weighted by Crippen LogP contribution is 2.31. The smallest absolute Gasteiger partial charge is 0.195 e. The van der Waals surface area contributed by atoms with Crippen molar-refractivity contribution < 1.29 is 4.79 Å². The fraction of sp³-hybridized carbons (Fsp3) is 0.250. The number of Topliss-reactive ketones (excluding diaryl/α,β-unsaturated/α-hetero) is 1. The van der Waals surface area contributed by atoms with Crippen molar-refractivity contribution in [1.29, 1.82) is 0 Å². The number of hydrogen-bond acceptors (Lipinski definition) is 4. The Morgan fingerprint density at radius 1 is 1.39 bits per heavy atom. The van der Waals surface area contributed by atoms with Crippen molar-refractivity contribution in [3.8, 4) is 0 Å². The number of rotatable bonds is 3. The van der Waals surface area contributed by atoms with E-state index >= 15 is 0 Å². The van der Waals surface area contributed by atoms with Crippen LogP contribution in [-0.4, -0.2) is 20.5 Å². The molecule has 0 unspecified atom stereocenters. The number of aromatic nitrogens is 3. The van der Waals surface area contributed by atoms with Crippen molar-refractivity contribution in [3.63, 3.8) is 0 Å². The van der Waals surface area contributed by atoms with Gasteiger partial charge >= 0.3 is 0 Å². The first-order chi connectivity index (χ1) is 8.49. The van der Waals surface area contributed by atoms with E-state index in [2.05, 4.69) is 26.1 Å². The second-order valence-corrected chi connectivity index (χ2v) is 5.81. The van der Waals surface area contributed by atoms with Crippen molar-refractivity contribution in [2.45, 2.75) is 23.9 Å². The summed E-state index contributed by atoms with van der Waals surface area (Å²) in [7, 11) is 1.91. The minimum Gasteiger partial charge on any atom is -0.309 e. The van der Waals surface area contributed by atoms with Crippen molar-refractivity contribution in [2.75, 3.05) is 0 Å². The van der Waals surface area contributed by atoms with Crippen LogP contribution in [0.3, 0.4) is 0 Å². The standard InChI is InChI=1S/C12H12BrN3OS/c1-7(17)10-6-9(13)4-5-11(10)18-12-15-14-8(2)16(12)3/h4-6H,1-3H3. The molecule has 0 aliphatic rings. The number of aryl methyl sites for hydroxylation is 1. The number of ketones is 1. The molecule has 0 radical (unpaired) electrons. The molecule has 0 bridgehead atoms. The lowest BCUT2D eigenvalue weighted by Crippen LogP contribution is -1.97. The second-order valence-electron chi connectivity index (χ2n) is 3.89.